The third-order valence-electron chi connectivity index (χ3n) is 3.12. The van der Waals surface area contributed by atoms with E-state index >= 15 is 0 Å². The van der Waals surface area contributed by atoms with Gasteiger partial charge in [0.05, 0.1) is 5.69 Å². The van der Waals surface area contributed by atoms with Crippen LogP contribution in [0.4, 0.5) is 5.82 Å². The lowest BCUT2D eigenvalue weighted by atomic mass is 10.1. The van der Waals surface area contributed by atoms with Gasteiger partial charge >= 0.3 is 0 Å². The Labute approximate surface area is 124 Å². The maximum atomic E-state index is 12.1. The van der Waals surface area contributed by atoms with Crippen LogP contribution in [0.5, 0.6) is 0 Å². The van der Waals surface area contributed by atoms with Crippen molar-refractivity contribution in [2.24, 2.45) is 5.10 Å². The van der Waals surface area contributed by atoms with E-state index in [1.54, 1.807) is 17.4 Å². The van der Waals surface area contributed by atoms with Crippen molar-refractivity contribution in [2.75, 3.05) is 12.4 Å². The van der Waals surface area contributed by atoms with Crippen LogP contribution in [-0.2, 0) is 9.59 Å². The van der Waals surface area contributed by atoms with Crippen LogP contribution in [-0.4, -0.2) is 39.8 Å². The van der Waals surface area contributed by atoms with Crippen LogP contribution in [0.3, 0.4) is 0 Å². The van der Waals surface area contributed by atoms with Gasteiger partial charge in [-0.05, 0) is 11.4 Å². The molecule has 8 heteroatoms. The number of anilines is 1. The second-order valence-corrected chi connectivity index (χ2v) is 5.38. The smallest absolute Gasteiger partial charge is 0.273 e. The van der Waals surface area contributed by atoms with Gasteiger partial charge in [-0.3, -0.25) is 14.7 Å². The van der Waals surface area contributed by atoms with Gasteiger partial charge in [-0.25, -0.2) is 5.01 Å². The minimum absolute atomic E-state index is 0.0916. The topological polar surface area (TPSA) is 90.4 Å². The number of carbonyl (C=O) groups is 2. The fourth-order valence-corrected chi connectivity index (χ4v) is 2.63. The summed E-state index contributed by atoms with van der Waals surface area (Å²) in [6.45, 7) is 0. The molecular formula is C13H13N5O2S. The molecule has 2 amide bonds. The molecule has 3 heterocycles. The Hall–Kier alpha value is -2.48. The molecule has 7 nitrogen and oxygen atoms in total. The third kappa shape index (κ3) is 2.84. The van der Waals surface area contributed by atoms with Crippen LogP contribution < -0.4 is 5.32 Å². The molecule has 21 heavy (non-hydrogen) atoms. The number of aromatic amines is 1. The molecule has 0 spiro atoms. The van der Waals surface area contributed by atoms with Crippen molar-refractivity contribution in [3.63, 3.8) is 0 Å². The molecule has 0 atom stereocenters. The van der Waals surface area contributed by atoms with Gasteiger partial charge in [0.1, 0.15) is 5.71 Å². The second kappa shape index (κ2) is 5.49. The van der Waals surface area contributed by atoms with Gasteiger partial charge < -0.3 is 5.32 Å². The standard InChI is InChI=1S/C13H13N5O2S/c1-18-12(19)3-2-9(17-18)13(20)14-11-6-10(15-16-11)8-4-5-21-7-8/h4-7H,2-3H2,1H3,(H2,14,15,16,20). The summed E-state index contributed by atoms with van der Waals surface area (Å²) in [5, 5.41) is 18.7. The Kier molecular flexibility index (Phi) is 3.53. The largest absolute Gasteiger partial charge is 0.304 e. The van der Waals surface area contributed by atoms with E-state index in [0.29, 0.717) is 24.4 Å². The maximum Gasteiger partial charge on any atom is 0.273 e. The van der Waals surface area contributed by atoms with E-state index in [2.05, 4.69) is 20.6 Å². The van der Waals surface area contributed by atoms with Crippen LogP contribution >= 0.6 is 11.3 Å². The Morgan fingerprint density at radius 2 is 2.33 bits per heavy atom. The van der Waals surface area contributed by atoms with Gasteiger partial charge in [0.15, 0.2) is 5.82 Å². The first-order valence-electron chi connectivity index (χ1n) is 6.37. The third-order valence-corrected chi connectivity index (χ3v) is 3.80. The first-order valence-corrected chi connectivity index (χ1v) is 7.31. The Balaban J connectivity index is 1.71. The number of rotatable bonds is 3. The molecule has 2 aromatic rings. The maximum absolute atomic E-state index is 12.1. The van der Waals surface area contributed by atoms with Crippen LogP contribution in [0.25, 0.3) is 11.3 Å². The second-order valence-electron chi connectivity index (χ2n) is 4.60. The fraction of sp³-hybridized carbons (Fsp3) is 0.231. The van der Waals surface area contributed by atoms with Gasteiger partial charge in [-0.1, -0.05) is 0 Å². The van der Waals surface area contributed by atoms with E-state index < -0.39 is 0 Å². The molecule has 0 unspecified atom stereocenters. The molecule has 0 aliphatic carbocycles. The number of carbonyl (C=O) groups excluding carboxylic acids is 2. The number of amides is 2. The number of hydrazone groups is 1. The van der Waals surface area contributed by atoms with Gasteiger partial charge in [0.25, 0.3) is 5.91 Å². The molecule has 0 saturated heterocycles. The fourth-order valence-electron chi connectivity index (χ4n) is 1.97. The molecule has 2 N–H and O–H groups in total. The van der Waals surface area contributed by atoms with E-state index in [1.807, 2.05) is 16.8 Å². The zero-order valence-electron chi connectivity index (χ0n) is 11.3. The summed E-state index contributed by atoms with van der Waals surface area (Å²) in [6.07, 6.45) is 0.639. The van der Waals surface area contributed by atoms with Crippen LogP contribution in [0.2, 0.25) is 0 Å². The Morgan fingerprint density at radius 1 is 1.48 bits per heavy atom. The number of H-pyrrole nitrogens is 1. The highest BCUT2D eigenvalue weighted by Gasteiger charge is 2.22. The lowest BCUT2D eigenvalue weighted by Gasteiger charge is -2.18. The van der Waals surface area contributed by atoms with Crippen molar-refractivity contribution in [3.05, 3.63) is 22.9 Å². The summed E-state index contributed by atoms with van der Waals surface area (Å²) in [5.74, 6) is 0.00670. The van der Waals surface area contributed by atoms with Crippen molar-refractivity contribution < 1.29 is 9.59 Å². The first kappa shape index (κ1) is 13.5. The van der Waals surface area contributed by atoms with Crippen molar-refractivity contribution in [3.8, 4) is 11.3 Å². The molecule has 0 fully saturated rings. The van der Waals surface area contributed by atoms with Crippen LogP contribution in [0, 0.1) is 0 Å². The summed E-state index contributed by atoms with van der Waals surface area (Å²) in [5.41, 5.74) is 2.19. The zero-order chi connectivity index (χ0) is 14.8. The van der Waals surface area contributed by atoms with E-state index in [0.717, 1.165) is 11.3 Å². The molecule has 2 aromatic heterocycles. The number of aromatic nitrogens is 2. The van der Waals surface area contributed by atoms with Crippen LogP contribution in [0.1, 0.15) is 12.8 Å². The summed E-state index contributed by atoms with van der Waals surface area (Å²) in [6, 6.07) is 3.73. The first-order chi connectivity index (χ1) is 10.1. The van der Waals surface area contributed by atoms with Gasteiger partial charge in [0.2, 0.25) is 5.91 Å². The van der Waals surface area contributed by atoms with E-state index in [4.69, 9.17) is 0 Å². The van der Waals surface area contributed by atoms with Crippen molar-refractivity contribution in [1.29, 1.82) is 0 Å². The van der Waals surface area contributed by atoms with Crippen molar-refractivity contribution in [2.45, 2.75) is 12.8 Å². The number of thiophene rings is 1. The molecule has 1 aliphatic rings. The lowest BCUT2D eigenvalue weighted by molar-refractivity contribution is -0.130. The quantitative estimate of drug-likeness (QED) is 0.904. The van der Waals surface area contributed by atoms with Gasteiger partial charge in [-0.15, -0.1) is 0 Å². The lowest BCUT2D eigenvalue weighted by Crippen LogP contribution is -2.34. The Morgan fingerprint density at radius 3 is 3.05 bits per heavy atom. The molecule has 0 aromatic carbocycles. The highest BCUT2D eigenvalue weighted by atomic mass is 32.1. The highest BCUT2D eigenvalue weighted by Crippen LogP contribution is 2.22. The predicted molar refractivity (Wildman–Crippen MR) is 80.0 cm³/mol. The number of hydrogen-bond donors (Lipinski definition) is 2. The van der Waals surface area contributed by atoms with Crippen LogP contribution in [0.15, 0.2) is 28.0 Å². The van der Waals surface area contributed by atoms with Crippen molar-refractivity contribution >= 4 is 34.7 Å². The zero-order valence-corrected chi connectivity index (χ0v) is 12.1. The molecule has 108 valence electrons. The van der Waals surface area contributed by atoms with E-state index in [1.165, 1.54) is 12.1 Å². The average Bonchev–Trinajstić information content (AvgIpc) is 3.12. The summed E-state index contributed by atoms with van der Waals surface area (Å²) in [4.78, 5) is 23.4. The van der Waals surface area contributed by atoms with Gasteiger partial charge in [0, 0.05) is 36.9 Å². The normalized spacial score (nSPS) is 15.0. The number of nitrogens with one attached hydrogen (secondary N) is 2. The molecule has 0 saturated carbocycles. The monoisotopic (exact) mass is 303 g/mol. The van der Waals surface area contributed by atoms with Crippen molar-refractivity contribution in [1.82, 2.24) is 15.2 Å². The number of nitrogens with zero attached hydrogens (tertiary/aromatic N) is 3. The molecular weight excluding hydrogens is 290 g/mol. The summed E-state index contributed by atoms with van der Waals surface area (Å²) in [7, 11) is 1.54. The molecule has 1 aliphatic heterocycles. The van der Waals surface area contributed by atoms with E-state index in [9.17, 15) is 9.59 Å². The molecule has 0 radical (unpaired) electrons. The van der Waals surface area contributed by atoms with E-state index in [-0.39, 0.29) is 11.8 Å². The number of hydrogen-bond acceptors (Lipinski definition) is 5. The molecule has 3 rings (SSSR count). The highest BCUT2D eigenvalue weighted by molar-refractivity contribution is 7.08. The predicted octanol–water partition coefficient (Wildman–Crippen LogP) is 1.68. The van der Waals surface area contributed by atoms with Gasteiger partial charge in [-0.2, -0.15) is 21.5 Å². The summed E-state index contributed by atoms with van der Waals surface area (Å²) >= 11 is 1.59. The minimum atomic E-state index is -0.335. The minimum Gasteiger partial charge on any atom is -0.304 e. The summed E-state index contributed by atoms with van der Waals surface area (Å²) < 4.78 is 0. The molecule has 0 bridgehead atoms. The average molecular weight is 303 g/mol. The Bertz CT molecular complexity index is 704. The SMILES string of the molecule is CN1N=C(C(=O)Nc2cc(-c3ccsc3)[nH]n2)CCC1=O.